The van der Waals surface area contributed by atoms with Gasteiger partial charge in [-0.05, 0) is 203 Å². The third-order valence-electron chi connectivity index (χ3n) is 20.8. The van der Waals surface area contributed by atoms with Crippen molar-refractivity contribution in [3.05, 3.63) is 388 Å². The van der Waals surface area contributed by atoms with Crippen LogP contribution < -0.4 is 9.80 Å². The lowest BCUT2D eigenvalue weighted by molar-refractivity contribution is 1.17. The average molecular weight is 1300 g/mol. The normalized spacial score (nSPS) is 11.7. The molecule has 6 nitrogen and oxygen atoms in total. The van der Waals surface area contributed by atoms with Gasteiger partial charge in [-0.25, -0.2) is 0 Å². The Labute approximate surface area is 590 Å². The summed E-state index contributed by atoms with van der Waals surface area (Å²) < 4.78 is 9.55. The summed E-state index contributed by atoms with van der Waals surface area (Å²) in [7, 11) is 0. The van der Waals surface area contributed by atoms with Crippen molar-refractivity contribution in [2.45, 2.75) is 0 Å². The number of fused-ring (bicyclic) bond motifs is 12. The molecule has 478 valence electrons. The van der Waals surface area contributed by atoms with Crippen LogP contribution in [0.25, 0.3) is 143 Å². The largest absolute Gasteiger partial charge is 0.311 e. The first kappa shape index (κ1) is 58.5. The molecule has 0 aliphatic rings. The summed E-state index contributed by atoms with van der Waals surface area (Å²) in [6.45, 7) is 0. The molecule has 0 amide bonds. The molecule has 6 heteroatoms. The van der Waals surface area contributed by atoms with E-state index in [1.54, 1.807) is 0 Å². The molecule has 0 aliphatic heterocycles. The van der Waals surface area contributed by atoms with Gasteiger partial charge in [-0.3, -0.25) is 0 Å². The molecule has 20 aromatic rings. The molecule has 0 atom stereocenters. The molecule has 102 heavy (non-hydrogen) atoms. The van der Waals surface area contributed by atoms with Gasteiger partial charge in [-0.1, -0.05) is 218 Å². The van der Waals surface area contributed by atoms with Crippen molar-refractivity contribution < 1.29 is 0 Å². The molecule has 0 bridgehead atoms. The second-order valence-corrected chi connectivity index (χ2v) is 26.5. The van der Waals surface area contributed by atoms with E-state index < -0.39 is 0 Å². The van der Waals surface area contributed by atoms with E-state index in [9.17, 15) is 0 Å². The Morgan fingerprint density at radius 3 is 0.588 bits per heavy atom. The highest BCUT2D eigenvalue weighted by molar-refractivity contribution is 6.13. The van der Waals surface area contributed by atoms with Gasteiger partial charge in [0.15, 0.2) is 0 Å². The first-order valence-electron chi connectivity index (χ1n) is 35.0. The number of para-hydroxylation sites is 8. The zero-order valence-electron chi connectivity index (χ0n) is 55.6. The number of benzene rings is 16. The van der Waals surface area contributed by atoms with Crippen LogP contribution in [0.4, 0.5) is 34.1 Å². The van der Waals surface area contributed by atoms with Crippen molar-refractivity contribution in [3.8, 4) is 56.1 Å². The fourth-order valence-corrected chi connectivity index (χ4v) is 16.0. The Hall–Kier alpha value is -13.7. The van der Waals surface area contributed by atoms with E-state index >= 15 is 0 Å². The predicted octanol–water partition coefficient (Wildman–Crippen LogP) is 26.0. The van der Waals surface area contributed by atoms with E-state index in [2.05, 4.69) is 416 Å². The summed E-state index contributed by atoms with van der Waals surface area (Å²) in [4.78, 5) is 4.75. The number of anilines is 6. The van der Waals surface area contributed by atoms with E-state index in [1.807, 2.05) is 0 Å². The van der Waals surface area contributed by atoms with Gasteiger partial charge in [-0.15, -0.1) is 0 Å². The summed E-state index contributed by atoms with van der Waals surface area (Å²) in [6.07, 6.45) is 0. The van der Waals surface area contributed by atoms with Crippen LogP contribution in [-0.4, -0.2) is 18.3 Å². The number of rotatable bonds is 13. The van der Waals surface area contributed by atoms with Gasteiger partial charge in [0.25, 0.3) is 0 Å². The van der Waals surface area contributed by atoms with E-state index in [1.165, 1.54) is 87.2 Å². The molecule has 0 saturated carbocycles. The van der Waals surface area contributed by atoms with Crippen LogP contribution in [0.5, 0.6) is 0 Å². The number of hydrogen-bond acceptors (Lipinski definition) is 2. The van der Waals surface area contributed by atoms with Crippen LogP contribution in [0.1, 0.15) is 0 Å². The van der Waals surface area contributed by atoms with Crippen LogP contribution in [0.3, 0.4) is 0 Å². The maximum absolute atomic E-state index is 2.39. The fraction of sp³-hybridized carbons (Fsp3) is 0. The maximum atomic E-state index is 2.39. The zero-order chi connectivity index (χ0) is 67.2. The van der Waals surface area contributed by atoms with E-state index in [4.69, 9.17) is 0 Å². The minimum atomic E-state index is 1.05. The molecule has 0 fully saturated rings. The van der Waals surface area contributed by atoms with Gasteiger partial charge in [0.1, 0.15) is 0 Å². The van der Waals surface area contributed by atoms with E-state index in [0.717, 1.165) is 90.3 Å². The van der Waals surface area contributed by atoms with E-state index in [-0.39, 0.29) is 0 Å². The first-order valence-corrected chi connectivity index (χ1v) is 35.0. The molecule has 20 rings (SSSR count). The van der Waals surface area contributed by atoms with Crippen LogP contribution in [-0.2, 0) is 0 Å². The topological polar surface area (TPSA) is 26.2 Å². The minimum absolute atomic E-state index is 1.05. The molecular formula is C96H64N6. The quantitative estimate of drug-likeness (QED) is 0.115. The standard InChI is InChI=1S/C96H64N6/c1-3-19-71(20-4-1)101-93-33-17-11-27-85(93)87-61-43-69(63-95(87)101)67-39-49-75(50-40-67)97(77-53-57-79(58-54-77)99-89-29-13-7-23-81(89)82-24-8-14-30-90(82)99)73-45-35-65(36-46-73)66-37-47-74(48-38-66)98(78-55-59-80(60-56-78)100-91-31-15-9-25-83(91)84-26-10-16-32-92(84)100)76-51-41-68(42-52-76)70-44-62-88-86-28-12-18-34-94(86)102(96(88)64-70)72-21-5-2-6-22-72/h1-64H. The van der Waals surface area contributed by atoms with Crippen molar-refractivity contribution >= 4 is 121 Å². The fourth-order valence-electron chi connectivity index (χ4n) is 16.0. The highest BCUT2D eigenvalue weighted by atomic mass is 15.2. The molecule has 0 aliphatic carbocycles. The lowest BCUT2D eigenvalue weighted by atomic mass is 10.0. The van der Waals surface area contributed by atoms with Gasteiger partial charge in [0.05, 0.1) is 44.1 Å². The Kier molecular flexibility index (Phi) is 13.8. The minimum Gasteiger partial charge on any atom is -0.311 e. The van der Waals surface area contributed by atoms with Crippen molar-refractivity contribution in [1.29, 1.82) is 0 Å². The smallest absolute Gasteiger partial charge is 0.0547 e. The first-order chi connectivity index (χ1) is 50.6. The number of nitrogens with zero attached hydrogens (tertiary/aromatic N) is 6. The summed E-state index contributed by atoms with van der Waals surface area (Å²) >= 11 is 0. The van der Waals surface area contributed by atoms with E-state index in [0.29, 0.717) is 0 Å². The molecule has 0 unspecified atom stereocenters. The summed E-state index contributed by atoms with van der Waals surface area (Å²) in [5.41, 5.74) is 27.2. The molecule has 16 aromatic carbocycles. The van der Waals surface area contributed by atoms with Gasteiger partial charge in [0.2, 0.25) is 0 Å². The SMILES string of the molecule is c1ccc(-n2c3ccccc3c3ccc(-c4ccc(N(c5ccc(-c6ccc(N(c7ccc(-c8ccc9c%10ccccc%10n(-c%10ccccc%10)c9c8)cc7)c7ccc(-n8c9ccccc9c9ccccc98)cc7)cc6)cc5)c5ccc(-n6c7ccccc7c7ccccc76)cc5)cc4)cc32)cc1. The van der Waals surface area contributed by atoms with Crippen molar-refractivity contribution in [3.63, 3.8) is 0 Å². The molecule has 0 radical (unpaired) electrons. The molecule has 4 aromatic heterocycles. The highest BCUT2D eigenvalue weighted by Gasteiger charge is 2.21. The summed E-state index contributed by atoms with van der Waals surface area (Å²) in [5.74, 6) is 0. The van der Waals surface area contributed by atoms with Gasteiger partial charge in [0, 0.05) is 100.0 Å². The van der Waals surface area contributed by atoms with Crippen LogP contribution in [0.15, 0.2) is 388 Å². The Balaban J connectivity index is 0.656. The summed E-state index contributed by atoms with van der Waals surface area (Å²) in [5, 5.41) is 9.94. The molecular weight excluding hydrogens is 1240 g/mol. The molecule has 0 N–H and O–H groups in total. The van der Waals surface area contributed by atoms with Crippen LogP contribution in [0, 0.1) is 0 Å². The van der Waals surface area contributed by atoms with Gasteiger partial charge >= 0.3 is 0 Å². The third kappa shape index (κ3) is 9.72. The maximum Gasteiger partial charge on any atom is 0.0547 e. The number of aromatic nitrogens is 4. The third-order valence-corrected chi connectivity index (χ3v) is 20.8. The average Bonchev–Trinajstić information content (AvgIpc) is 1.60. The molecule has 0 spiro atoms. The van der Waals surface area contributed by atoms with Crippen molar-refractivity contribution in [1.82, 2.24) is 18.3 Å². The van der Waals surface area contributed by atoms with Crippen molar-refractivity contribution in [2.24, 2.45) is 0 Å². The van der Waals surface area contributed by atoms with Crippen molar-refractivity contribution in [2.75, 3.05) is 9.80 Å². The van der Waals surface area contributed by atoms with Crippen LogP contribution in [0.2, 0.25) is 0 Å². The Morgan fingerprint density at radius 1 is 0.137 bits per heavy atom. The number of hydrogen-bond donors (Lipinski definition) is 0. The lowest BCUT2D eigenvalue weighted by Gasteiger charge is -2.27. The lowest BCUT2D eigenvalue weighted by Crippen LogP contribution is -2.10. The second kappa shape index (κ2) is 24.1. The summed E-state index contributed by atoms with van der Waals surface area (Å²) in [6, 6.07) is 142. The zero-order valence-corrected chi connectivity index (χ0v) is 55.6. The molecule has 4 heterocycles. The monoisotopic (exact) mass is 1300 g/mol. The second-order valence-electron chi connectivity index (χ2n) is 26.5. The molecule has 0 saturated heterocycles. The van der Waals surface area contributed by atoms with Crippen LogP contribution >= 0.6 is 0 Å². The Morgan fingerprint density at radius 2 is 0.324 bits per heavy atom. The Bertz CT molecular complexity index is 6050. The van der Waals surface area contributed by atoms with Gasteiger partial charge in [-0.2, -0.15) is 0 Å². The highest BCUT2D eigenvalue weighted by Crippen LogP contribution is 2.44. The predicted molar refractivity (Wildman–Crippen MR) is 429 cm³/mol. The van der Waals surface area contributed by atoms with Gasteiger partial charge < -0.3 is 28.1 Å².